The molecule has 1 heterocycles. The topological polar surface area (TPSA) is 72.7 Å². The van der Waals surface area contributed by atoms with Gasteiger partial charge in [0.15, 0.2) is 0 Å². The van der Waals surface area contributed by atoms with Crippen LogP contribution in [0.5, 0.6) is 0 Å². The fourth-order valence-electron chi connectivity index (χ4n) is 1.66. The van der Waals surface area contributed by atoms with Crippen LogP contribution in [0.3, 0.4) is 0 Å². The summed E-state index contributed by atoms with van der Waals surface area (Å²) in [7, 11) is 0. The lowest BCUT2D eigenvalue weighted by molar-refractivity contribution is -0.117. The summed E-state index contributed by atoms with van der Waals surface area (Å²) in [6, 6.07) is 7.36. The molecule has 1 aromatic heterocycles. The number of aromatic nitrogens is 4. The molecular formula is C13H17N5O. The molecule has 2 aromatic rings. The quantitative estimate of drug-likeness (QED) is 0.915. The highest BCUT2D eigenvalue weighted by Crippen LogP contribution is 2.20. The van der Waals surface area contributed by atoms with E-state index in [4.69, 9.17) is 0 Å². The normalized spacial score (nSPS) is 11.3. The Labute approximate surface area is 111 Å². The lowest BCUT2D eigenvalue weighted by Crippen LogP contribution is -2.19. The predicted octanol–water partition coefficient (Wildman–Crippen LogP) is 2.04. The van der Waals surface area contributed by atoms with Gasteiger partial charge in [-0.3, -0.25) is 4.79 Å². The van der Waals surface area contributed by atoms with E-state index in [0.717, 1.165) is 11.4 Å². The van der Waals surface area contributed by atoms with E-state index >= 15 is 0 Å². The van der Waals surface area contributed by atoms with Crippen LogP contribution < -0.4 is 5.32 Å². The SMILES string of the molecule is CC(C)(C)CC(=O)Nc1ccc(-n2cnnn2)cc1. The van der Waals surface area contributed by atoms with Crippen LogP contribution in [-0.4, -0.2) is 26.1 Å². The molecule has 0 fully saturated rings. The average molecular weight is 259 g/mol. The fourth-order valence-corrected chi connectivity index (χ4v) is 1.66. The molecule has 0 unspecified atom stereocenters. The van der Waals surface area contributed by atoms with Crippen LogP contribution >= 0.6 is 0 Å². The maximum absolute atomic E-state index is 11.8. The number of hydrogen-bond acceptors (Lipinski definition) is 4. The van der Waals surface area contributed by atoms with Crippen molar-refractivity contribution in [3.05, 3.63) is 30.6 Å². The van der Waals surface area contributed by atoms with Gasteiger partial charge in [0.05, 0.1) is 5.69 Å². The maximum Gasteiger partial charge on any atom is 0.224 e. The molecule has 0 spiro atoms. The standard InChI is InChI=1S/C13H17N5O/c1-13(2,3)8-12(19)15-10-4-6-11(7-5-10)18-9-14-16-17-18/h4-7,9H,8H2,1-3H3,(H,15,19). The second kappa shape index (κ2) is 5.17. The molecule has 0 saturated carbocycles. The highest BCUT2D eigenvalue weighted by molar-refractivity contribution is 5.91. The summed E-state index contributed by atoms with van der Waals surface area (Å²) < 4.78 is 1.56. The van der Waals surface area contributed by atoms with Gasteiger partial charge in [0.1, 0.15) is 6.33 Å². The first-order valence-electron chi connectivity index (χ1n) is 6.07. The van der Waals surface area contributed by atoms with Crippen molar-refractivity contribution < 1.29 is 4.79 Å². The Morgan fingerprint density at radius 2 is 1.95 bits per heavy atom. The monoisotopic (exact) mass is 259 g/mol. The van der Waals surface area contributed by atoms with Crippen molar-refractivity contribution in [3.8, 4) is 5.69 Å². The zero-order chi connectivity index (χ0) is 13.9. The lowest BCUT2D eigenvalue weighted by Gasteiger charge is -2.17. The van der Waals surface area contributed by atoms with Crippen molar-refractivity contribution in [3.63, 3.8) is 0 Å². The van der Waals surface area contributed by atoms with E-state index in [2.05, 4.69) is 20.8 Å². The number of hydrogen-bond donors (Lipinski definition) is 1. The molecule has 0 aliphatic carbocycles. The van der Waals surface area contributed by atoms with Crippen molar-refractivity contribution in [2.24, 2.45) is 5.41 Å². The molecule has 0 atom stereocenters. The molecule has 0 aliphatic heterocycles. The van der Waals surface area contributed by atoms with Gasteiger partial charge in [-0.25, -0.2) is 4.68 Å². The minimum Gasteiger partial charge on any atom is -0.326 e. The molecule has 0 aliphatic rings. The Bertz CT molecular complexity index is 539. The summed E-state index contributed by atoms with van der Waals surface area (Å²) in [5.41, 5.74) is 1.60. The van der Waals surface area contributed by atoms with E-state index < -0.39 is 0 Å². The zero-order valence-electron chi connectivity index (χ0n) is 11.3. The lowest BCUT2D eigenvalue weighted by atomic mass is 9.92. The molecule has 2 rings (SSSR count). The van der Waals surface area contributed by atoms with Crippen molar-refractivity contribution in [2.75, 3.05) is 5.32 Å². The maximum atomic E-state index is 11.8. The third kappa shape index (κ3) is 3.87. The van der Waals surface area contributed by atoms with Gasteiger partial charge in [0.2, 0.25) is 5.91 Å². The minimum atomic E-state index is -0.0174. The van der Waals surface area contributed by atoms with Crippen LogP contribution in [0.4, 0.5) is 5.69 Å². The second-order valence-corrected chi connectivity index (χ2v) is 5.59. The summed E-state index contributed by atoms with van der Waals surface area (Å²) in [5.74, 6) is 0.0164. The van der Waals surface area contributed by atoms with Crippen LogP contribution in [0.25, 0.3) is 5.69 Å². The van der Waals surface area contributed by atoms with Crippen molar-refractivity contribution in [1.29, 1.82) is 0 Å². The molecule has 0 bridgehead atoms. The number of amides is 1. The predicted molar refractivity (Wildman–Crippen MR) is 71.9 cm³/mol. The first kappa shape index (κ1) is 13.2. The number of tetrazole rings is 1. The van der Waals surface area contributed by atoms with Crippen molar-refractivity contribution in [1.82, 2.24) is 20.2 Å². The van der Waals surface area contributed by atoms with Crippen LogP contribution in [0, 0.1) is 5.41 Å². The Morgan fingerprint density at radius 1 is 1.26 bits per heavy atom. The number of carbonyl (C=O) groups excluding carboxylic acids is 1. The Morgan fingerprint density at radius 3 is 2.47 bits per heavy atom. The van der Waals surface area contributed by atoms with Gasteiger partial charge in [0, 0.05) is 12.1 Å². The molecule has 0 radical (unpaired) electrons. The van der Waals surface area contributed by atoms with Crippen LogP contribution in [0.2, 0.25) is 0 Å². The van der Waals surface area contributed by atoms with Gasteiger partial charge < -0.3 is 5.32 Å². The number of carbonyl (C=O) groups is 1. The van der Waals surface area contributed by atoms with Gasteiger partial charge >= 0.3 is 0 Å². The van der Waals surface area contributed by atoms with Gasteiger partial charge in [-0.05, 0) is 40.1 Å². The molecule has 1 amide bonds. The van der Waals surface area contributed by atoms with Crippen LogP contribution in [0.15, 0.2) is 30.6 Å². The largest absolute Gasteiger partial charge is 0.326 e. The van der Waals surface area contributed by atoms with Crippen LogP contribution in [-0.2, 0) is 4.79 Å². The third-order valence-corrected chi connectivity index (χ3v) is 2.46. The van der Waals surface area contributed by atoms with Crippen molar-refractivity contribution >= 4 is 11.6 Å². The number of nitrogens with zero attached hydrogens (tertiary/aromatic N) is 4. The number of nitrogens with one attached hydrogen (secondary N) is 1. The Hall–Kier alpha value is -2.24. The molecule has 6 nitrogen and oxygen atoms in total. The molecule has 0 saturated heterocycles. The second-order valence-electron chi connectivity index (χ2n) is 5.59. The van der Waals surface area contributed by atoms with E-state index in [0.29, 0.717) is 6.42 Å². The van der Waals surface area contributed by atoms with Gasteiger partial charge in [0.25, 0.3) is 0 Å². The summed E-state index contributed by atoms with van der Waals surface area (Å²) in [5, 5.41) is 13.8. The van der Waals surface area contributed by atoms with Gasteiger partial charge in [-0.1, -0.05) is 20.8 Å². The fraction of sp³-hybridized carbons (Fsp3) is 0.385. The molecular weight excluding hydrogens is 242 g/mol. The Balaban J connectivity index is 2.01. The highest BCUT2D eigenvalue weighted by Gasteiger charge is 2.15. The molecule has 1 N–H and O–H groups in total. The summed E-state index contributed by atoms with van der Waals surface area (Å²) in [4.78, 5) is 11.8. The molecule has 100 valence electrons. The van der Waals surface area contributed by atoms with E-state index in [1.807, 2.05) is 45.0 Å². The zero-order valence-corrected chi connectivity index (χ0v) is 11.3. The number of anilines is 1. The van der Waals surface area contributed by atoms with Gasteiger partial charge in [-0.15, -0.1) is 5.10 Å². The van der Waals surface area contributed by atoms with E-state index in [1.54, 1.807) is 4.68 Å². The summed E-state index contributed by atoms with van der Waals surface area (Å²) in [6.45, 7) is 6.11. The van der Waals surface area contributed by atoms with Gasteiger partial charge in [-0.2, -0.15) is 0 Å². The smallest absolute Gasteiger partial charge is 0.224 e. The highest BCUT2D eigenvalue weighted by atomic mass is 16.1. The van der Waals surface area contributed by atoms with E-state index in [9.17, 15) is 4.79 Å². The number of benzene rings is 1. The molecule has 6 heteroatoms. The summed E-state index contributed by atoms with van der Waals surface area (Å²) in [6.07, 6.45) is 2.01. The molecule has 19 heavy (non-hydrogen) atoms. The van der Waals surface area contributed by atoms with Crippen molar-refractivity contribution in [2.45, 2.75) is 27.2 Å². The minimum absolute atomic E-state index is 0.0164. The first-order chi connectivity index (χ1) is 8.94. The van der Waals surface area contributed by atoms with E-state index in [1.165, 1.54) is 6.33 Å². The van der Waals surface area contributed by atoms with E-state index in [-0.39, 0.29) is 11.3 Å². The third-order valence-electron chi connectivity index (χ3n) is 2.46. The molecule has 1 aromatic carbocycles. The first-order valence-corrected chi connectivity index (χ1v) is 6.07. The van der Waals surface area contributed by atoms with Crippen LogP contribution in [0.1, 0.15) is 27.2 Å². The number of rotatable bonds is 3. The summed E-state index contributed by atoms with van der Waals surface area (Å²) >= 11 is 0. The average Bonchev–Trinajstić information content (AvgIpc) is 2.80. The Kier molecular flexibility index (Phi) is 3.59.